The summed E-state index contributed by atoms with van der Waals surface area (Å²) in [4.78, 5) is 0. The predicted octanol–water partition coefficient (Wildman–Crippen LogP) is 4.70. The largest absolute Gasteiger partial charge is 0.489 e. The van der Waals surface area contributed by atoms with Gasteiger partial charge >= 0.3 is 0 Å². The molecule has 2 N–H and O–H groups in total. The van der Waals surface area contributed by atoms with E-state index in [9.17, 15) is 0 Å². The molecule has 2 aromatic rings. The first-order chi connectivity index (χ1) is 9.06. The summed E-state index contributed by atoms with van der Waals surface area (Å²) < 4.78 is 6.88. The highest BCUT2D eigenvalue weighted by atomic mass is 79.9. The van der Waals surface area contributed by atoms with Gasteiger partial charge in [0.25, 0.3) is 0 Å². The van der Waals surface area contributed by atoms with Gasteiger partial charge in [-0.05, 0) is 42.8 Å². The maximum atomic E-state index is 5.98. The van der Waals surface area contributed by atoms with E-state index < -0.39 is 0 Å². The highest BCUT2D eigenvalue weighted by Crippen LogP contribution is 2.28. The molecule has 0 radical (unpaired) electrons. The summed E-state index contributed by atoms with van der Waals surface area (Å²) in [6, 6.07) is 13.4. The van der Waals surface area contributed by atoms with Gasteiger partial charge in [0.1, 0.15) is 12.4 Å². The van der Waals surface area contributed by atoms with E-state index >= 15 is 0 Å². The van der Waals surface area contributed by atoms with E-state index in [-0.39, 0.29) is 6.04 Å². The van der Waals surface area contributed by atoms with Gasteiger partial charge in [0.2, 0.25) is 0 Å². The highest BCUT2D eigenvalue weighted by molar-refractivity contribution is 9.10. The van der Waals surface area contributed by atoms with Gasteiger partial charge in [0, 0.05) is 21.1 Å². The maximum absolute atomic E-state index is 5.98. The van der Waals surface area contributed by atoms with Gasteiger partial charge in [0.15, 0.2) is 0 Å². The molecule has 2 aromatic carbocycles. The average Bonchev–Trinajstić information content (AvgIpc) is 2.39. The molecule has 100 valence electrons. The Morgan fingerprint density at radius 2 is 1.89 bits per heavy atom. The Balaban J connectivity index is 2.13. The van der Waals surface area contributed by atoms with Crippen LogP contribution in [-0.4, -0.2) is 0 Å². The molecule has 0 amide bonds. The van der Waals surface area contributed by atoms with Crippen molar-refractivity contribution < 1.29 is 4.74 Å². The number of nitrogens with two attached hydrogens (primary N) is 1. The zero-order valence-corrected chi connectivity index (χ0v) is 12.9. The van der Waals surface area contributed by atoms with Crippen molar-refractivity contribution >= 4 is 27.5 Å². The second-order valence-electron chi connectivity index (χ2n) is 4.39. The van der Waals surface area contributed by atoms with Gasteiger partial charge in [0.05, 0.1) is 0 Å². The molecule has 1 unspecified atom stereocenters. The van der Waals surface area contributed by atoms with Gasteiger partial charge < -0.3 is 10.5 Å². The van der Waals surface area contributed by atoms with Crippen LogP contribution < -0.4 is 10.5 Å². The Morgan fingerprint density at radius 3 is 2.53 bits per heavy atom. The van der Waals surface area contributed by atoms with E-state index in [1.807, 2.05) is 49.4 Å². The summed E-state index contributed by atoms with van der Waals surface area (Å²) >= 11 is 9.39. The number of hydrogen-bond acceptors (Lipinski definition) is 2. The molecular formula is C15H15BrClNO. The zero-order chi connectivity index (χ0) is 13.8. The molecule has 4 heteroatoms. The Kier molecular flexibility index (Phi) is 4.86. The summed E-state index contributed by atoms with van der Waals surface area (Å²) in [5, 5.41) is 0.670. The van der Waals surface area contributed by atoms with Gasteiger partial charge in [-0.25, -0.2) is 0 Å². The van der Waals surface area contributed by atoms with E-state index in [0.29, 0.717) is 11.6 Å². The summed E-state index contributed by atoms with van der Waals surface area (Å²) in [6.45, 7) is 2.42. The van der Waals surface area contributed by atoms with Crippen LogP contribution in [0.3, 0.4) is 0 Å². The predicted molar refractivity (Wildman–Crippen MR) is 82.5 cm³/mol. The number of ether oxygens (including phenoxy) is 1. The molecule has 0 heterocycles. The van der Waals surface area contributed by atoms with Crippen molar-refractivity contribution in [3.05, 3.63) is 63.1 Å². The number of benzene rings is 2. The quantitative estimate of drug-likeness (QED) is 0.875. The topological polar surface area (TPSA) is 35.2 Å². The average molecular weight is 341 g/mol. The van der Waals surface area contributed by atoms with Crippen LogP contribution in [0.1, 0.15) is 24.1 Å². The van der Waals surface area contributed by atoms with E-state index in [1.54, 1.807) is 0 Å². The number of hydrogen-bond donors (Lipinski definition) is 1. The molecule has 0 spiro atoms. The summed E-state index contributed by atoms with van der Waals surface area (Å²) in [7, 11) is 0. The summed E-state index contributed by atoms with van der Waals surface area (Å²) in [5.41, 5.74) is 7.95. The molecule has 0 aliphatic carbocycles. The number of rotatable bonds is 4. The van der Waals surface area contributed by atoms with Crippen molar-refractivity contribution in [1.82, 2.24) is 0 Å². The molecule has 0 bridgehead atoms. The molecule has 0 saturated carbocycles. The highest BCUT2D eigenvalue weighted by Gasteiger charge is 2.09. The first kappa shape index (κ1) is 14.4. The normalized spacial score (nSPS) is 12.2. The second-order valence-corrected chi connectivity index (χ2v) is 5.74. The van der Waals surface area contributed by atoms with Crippen molar-refractivity contribution in [2.45, 2.75) is 19.6 Å². The van der Waals surface area contributed by atoms with Gasteiger partial charge in [-0.3, -0.25) is 0 Å². The van der Waals surface area contributed by atoms with E-state index in [2.05, 4.69) is 15.9 Å². The minimum Gasteiger partial charge on any atom is -0.489 e. The molecule has 0 aliphatic heterocycles. The van der Waals surface area contributed by atoms with Crippen LogP contribution in [0.4, 0.5) is 0 Å². The molecular weight excluding hydrogens is 326 g/mol. The SMILES string of the molecule is CC(N)c1cc(Cl)ccc1OCc1ccc(Br)cc1. The first-order valence-electron chi connectivity index (χ1n) is 5.98. The van der Waals surface area contributed by atoms with Crippen LogP contribution in [0.25, 0.3) is 0 Å². The van der Waals surface area contributed by atoms with Crippen molar-refractivity contribution in [3.63, 3.8) is 0 Å². The van der Waals surface area contributed by atoms with Crippen LogP contribution in [0.15, 0.2) is 46.9 Å². The molecule has 0 fully saturated rings. The van der Waals surface area contributed by atoms with Crippen molar-refractivity contribution in [3.8, 4) is 5.75 Å². The third-order valence-electron chi connectivity index (χ3n) is 2.77. The van der Waals surface area contributed by atoms with Crippen molar-refractivity contribution in [1.29, 1.82) is 0 Å². The van der Waals surface area contributed by atoms with E-state index in [4.69, 9.17) is 22.1 Å². The fraction of sp³-hybridized carbons (Fsp3) is 0.200. The van der Waals surface area contributed by atoms with Crippen LogP contribution in [0.2, 0.25) is 5.02 Å². The standard InChI is InChI=1S/C15H15BrClNO/c1-10(18)14-8-13(17)6-7-15(14)19-9-11-2-4-12(16)5-3-11/h2-8,10H,9,18H2,1H3. The van der Waals surface area contributed by atoms with Gasteiger partial charge in [-0.1, -0.05) is 39.7 Å². The molecule has 2 rings (SSSR count). The molecule has 1 atom stereocenters. The molecule has 19 heavy (non-hydrogen) atoms. The van der Waals surface area contributed by atoms with Crippen LogP contribution in [0, 0.1) is 0 Å². The van der Waals surface area contributed by atoms with Crippen LogP contribution in [0.5, 0.6) is 5.75 Å². The Labute approximate surface area is 126 Å². The molecule has 0 saturated heterocycles. The monoisotopic (exact) mass is 339 g/mol. The number of halogens is 2. The lowest BCUT2D eigenvalue weighted by molar-refractivity contribution is 0.301. The zero-order valence-electron chi connectivity index (χ0n) is 10.6. The minimum absolute atomic E-state index is 0.112. The van der Waals surface area contributed by atoms with E-state index in [0.717, 1.165) is 21.3 Å². The Morgan fingerprint density at radius 1 is 1.21 bits per heavy atom. The minimum atomic E-state index is -0.112. The third kappa shape index (κ3) is 3.96. The lowest BCUT2D eigenvalue weighted by atomic mass is 10.1. The van der Waals surface area contributed by atoms with Crippen LogP contribution in [-0.2, 0) is 6.61 Å². The Hall–Kier alpha value is -1.03. The van der Waals surface area contributed by atoms with Gasteiger partial charge in [-0.15, -0.1) is 0 Å². The molecule has 2 nitrogen and oxygen atoms in total. The van der Waals surface area contributed by atoms with Crippen LogP contribution >= 0.6 is 27.5 Å². The van der Waals surface area contributed by atoms with Gasteiger partial charge in [-0.2, -0.15) is 0 Å². The molecule has 0 aliphatic rings. The van der Waals surface area contributed by atoms with Crippen molar-refractivity contribution in [2.75, 3.05) is 0 Å². The Bertz CT molecular complexity index is 555. The maximum Gasteiger partial charge on any atom is 0.124 e. The fourth-order valence-corrected chi connectivity index (χ4v) is 2.19. The van der Waals surface area contributed by atoms with E-state index in [1.165, 1.54) is 0 Å². The van der Waals surface area contributed by atoms with Crippen molar-refractivity contribution in [2.24, 2.45) is 5.73 Å². The lowest BCUT2D eigenvalue weighted by Gasteiger charge is -2.14. The third-order valence-corrected chi connectivity index (χ3v) is 3.53. The molecule has 0 aromatic heterocycles. The first-order valence-corrected chi connectivity index (χ1v) is 7.15. The fourth-order valence-electron chi connectivity index (χ4n) is 1.75. The summed E-state index contributed by atoms with van der Waals surface area (Å²) in [5.74, 6) is 0.780. The second kappa shape index (κ2) is 6.42. The lowest BCUT2D eigenvalue weighted by Crippen LogP contribution is -2.08. The summed E-state index contributed by atoms with van der Waals surface area (Å²) in [6.07, 6.45) is 0. The smallest absolute Gasteiger partial charge is 0.124 e.